The number of anilines is 1. The van der Waals surface area contributed by atoms with Gasteiger partial charge in [0.1, 0.15) is 5.82 Å². The molecule has 1 unspecified atom stereocenters. The van der Waals surface area contributed by atoms with Crippen LogP contribution in [0.2, 0.25) is 5.02 Å². The van der Waals surface area contributed by atoms with Crippen LogP contribution in [-0.4, -0.2) is 25.3 Å². The fourth-order valence-corrected chi connectivity index (χ4v) is 5.30. The third-order valence-electron chi connectivity index (χ3n) is 7.16. The fraction of sp³-hybridized carbons (Fsp3) is 0.161. The van der Waals surface area contributed by atoms with Crippen molar-refractivity contribution in [1.29, 1.82) is 0 Å². The summed E-state index contributed by atoms with van der Waals surface area (Å²) in [6.07, 6.45) is 2.05. The van der Waals surface area contributed by atoms with Crippen molar-refractivity contribution < 1.29 is 4.79 Å². The second-order valence-corrected chi connectivity index (χ2v) is 10.2. The Labute approximate surface area is 227 Å². The molecule has 0 spiro atoms. The van der Waals surface area contributed by atoms with Crippen LogP contribution < -0.4 is 5.32 Å². The molecular weight excluding hydrogens is 494 g/mol. The number of halogens is 1. The van der Waals surface area contributed by atoms with Gasteiger partial charge in [-0.05, 0) is 68.3 Å². The van der Waals surface area contributed by atoms with Gasteiger partial charge in [-0.3, -0.25) is 0 Å². The van der Waals surface area contributed by atoms with Crippen LogP contribution in [0.15, 0.2) is 91.1 Å². The Morgan fingerprint density at radius 3 is 2.45 bits per heavy atom. The van der Waals surface area contributed by atoms with Gasteiger partial charge in [0.15, 0.2) is 0 Å². The summed E-state index contributed by atoms with van der Waals surface area (Å²) < 4.78 is 4.14. The number of aryl methyl sites for hydroxylation is 3. The Hall–Kier alpha value is -4.29. The Kier molecular flexibility index (Phi) is 6.04. The summed E-state index contributed by atoms with van der Waals surface area (Å²) in [4.78, 5) is 15.9. The normalized spacial score (nSPS) is 14.5. The predicted molar refractivity (Wildman–Crippen MR) is 151 cm³/mol. The number of rotatable bonds is 3. The molecule has 1 aliphatic heterocycles. The first-order chi connectivity index (χ1) is 18.4. The number of fused-ring (bicyclic) bond motifs is 3. The number of carbonyl (C=O) groups excluding carboxylic acids is 1. The van der Waals surface area contributed by atoms with Gasteiger partial charge in [-0.15, -0.1) is 0 Å². The Morgan fingerprint density at radius 1 is 0.947 bits per heavy atom. The minimum absolute atomic E-state index is 0.206. The summed E-state index contributed by atoms with van der Waals surface area (Å²) in [5.74, 6) is 0.944. The second kappa shape index (κ2) is 9.54. The van der Waals surface area contributed by atoms with E-state index < -0.39 is 0 Å². The van der Waals surface area contributed by atoms with Crippen molar-refractivity contribution in [3.63, 3.8) is 0 Å². The molecule has 2 amide bonds. The molecule has 38 heavy (non-hydrogen) atoms. The van der Waals surface area contributed by atoms with E-state index in [-0.39, 0.29) is 12.1 Å². The monoisotopic (exact) mass is 521 g/mol. The number of urea groups is 1. The van der Waals surface area contributed by atoms with Gasteiger partial charge in [0.2, 0.25) is 0 Å². The average Bonchev–Trinajstić information content (AvgIpc) is 3.48. The van der Waals surface area contributed by atoms with Crippen molar-refractivity contribution >= 4 is 23.3 Å². The fourth-order valence-electron chi connectivity index (χ4n) is 5.11. The highest BCUT2D eigenvalue weighted by atomic mass is 35.5. The van der Waals surface area contributed by atoms with Gasteiger partial charge in [-0.2, -0.15) is 5.10 Å². The first-order valence-electron chi connectivity index (χ1n) is 12.6. The zero-order chi connectivity index (χ0) is 26.4. The molecule has 5 aromatic rings. The van der Waals surface area contributed by atoms with Gasteiger partial charge in [0.25, 0.3) is 0 Å². The number of aromatic nitrogens is 3. The quantitative estimate of drug-likeness (QED) is 0.269. The molecule has 6 nitrogen and oxygen atoms in total. The van der Waals surface area contributed by atoms with Gasteiger partial charge in [0.05, 0.1) is 29.7 Å². The lowest BCUT2D eigenvalue weighted by atomic mass is 10.0. The molecular formula is C31H28ClN5O. The number of hydrogen-bond acceptors (Lipinski definition) is 2. The van der Waals surface area contributed by atoms with E-state index >= 15 is 0 Å². The van der Waals surface area contributed by atoms with E-state index in [4.69, 9.17) is 16.7 Å². The third kappa shape index (κ3) is 4.17. The summed E-state index contributed by atoms with van der Waals surface area (Å²) >= 11 is 6.37. The number of carbonyl (C=O) groups is 1. The highest BCUT2D eigenvalue weighted by Crippen LogP contribution is 2.39. The van der Waals surface area contributed by atoms with Crippen molar-refractivity contribution in [3.8, 4) is 11.5 Å². The predicted octanol–water partition coefficient (Wildman–Crippen LogP) is 7.38. The van der Waals surface area contributed by atoms with Crippen LogP contribution in [0.4, 0.5) is 10.5 Å². The lowest BCUT2D eigenvalue weighted by Crippen LogP contribution is -2.38. The lowest BCUT2D eigenvalue weighted by molar-refractivity contribution is 0.194. The number of benzene rings is 3. The summed E-state index contributed by atoms with van der Waals surface area (Å²) in [7, 11) is 0. The molecule has 0 aliphatic carbocycles. The van der Waals surface area contributed by atoms with Crippen molar-refractivity contribution in [3.05, 3.63) is 130 Å². The molecule has 0 fully saturated rings. The Bertz CT molecular complexity index is 1640. The van der Waals surface area contributed by atoms with E-state index in [0.717, 1.165) is 39.6 Å². The molecule has 3 aromatic carbocycles. The van der Waals surface area contributed by atoms with Crippen LogP contribution in [0.1, 0.15) is 39.7 Å². The largest absolute Gasteiger partial charge is 0.322 e. The molecule has 6 rings (SSSR count). The topological polar surface area (TPSA) is 55.1 Å². The van der Waals surface area contributed by atoms with Gasteiger partial charge in [0, 0.05) is 22.5 Å². The van der Waals surface area contributed by atoms with Crippen LogP contribution in [0, 0.1) is 20.8 Å². The minimum Gasteiger partial charge on any atom is -0.308 e. The molecule has 190 valence electrons. The van der Waals surface area contributed by atoms with Gasteiger partial charge >= 0.3 is 6.03 Å². The zero-order valence-electron chi connectivity index (χ0n) is 21.5. The lowest BCUT2D eigenvalue weighted by Gasteiger charge is -2.31. The van der Waals surface area contributed by atoms with E-state index in [1.807, 2.05) is 72.0 Å². The Balaban J connectivity index is 1.52. The summed E-state index contributed by atoms with van der Waals surface area (Å²) in [5.41, 5.74) is 7.66. The molecule has 1 aliphatic rings. The van der Waals surface area contributed by atoms with Gasteiger partial charge < -0.3 is 14.8 Å². The van der Waals surface area contributed by atoms with E-state index in [9.17, 15) is 4.79 Å². The first kappa shape index (κ1) is 24.1. The van der Waals surface area contributed by atoms with Gasteiger partial charge in [-0.25, -0.2) is 9.48 Å². The summed E-state index contributed by atoms with van der Waals surface area (Å²) in [6.45, 7) is 6.40. The van der Waals surface area contributed by atoms with Crippen LogP contribution in [0.5, 0.6) is 0 Å². The molecule has 1 atom stereocenters. The smallest absolute Gasteiger partial charge is 0.308 e. The SMILES string of the molecule is Cc1ccc(C2c3cccn3-c3c(c(C)nn3-c3ccccc3)CN2C(=O)Nc2ccc(C)c(Cl)c2)cc1. The first-order valence-corrected chi connectivity index (χ1v) is 13.0. The number of nitrogens with one attached hydrogen (secondary N) is 1. The molecule has 2 aromatic heterocycles. The molecule has 3 heterocycles. The minimum atomic E-state index is -0.317. The maximum absolute atomic E-state index is 14.0. The van der Waals surface area contributed by atoms with Crippen molar-refractivity contribution in [1.82, 2.24) is 19.2 Å². The molecule has 7 heteroatoms. The molecule has 0 radical (unpaired) electrons. The number of nitrogens with zero attached hydrogens (tertiary/aromatic N) is 4. The van der Waals surface area contributed by atoms with Crippen molar-refractivity contribution in [2.24, 2.45) is 0 Å². The second-order valence-electron chi connectivity index (χ2n) is 9.77. The van der Waals surface area contributed by atoms with Crippen LogP contribution in [0.25, 0.3) is 11.5 Å². The van der Waals surface area contributed by atoms with Crippen LogP contribution >= 0.6 is 11.6 Å². The van der Waals surface area contributed by atoms with Crippen molar-refractivity contribution in [2.75, 3.05) is 5.32 Å². The highest BCUT2D eigenvalue weighted by molar-refractivity contribution is 6.31. The van der Waals surface area contributed by atoms with E-state index in [1.54, 1.807) is 6.07 Å². The summed E-state index contributed by atoms with van der Waals surface area (Å²) in [5, 5.41) is 8.62. The molecule has 1 N–H and O–H groups in total. The maximum atomic E-state index is 14.0. The average molecular weight is 522 g/mol. The molecule has 0 saturated heterocycles. The summed E-state index contributed by atoms with van der Waals surface area (Å²) in [6, 6.07) is 27.7. The molecule has 0 saturated carbocycles. The van der Waals surface area contributed by atoms with E-state index in [1.165, 1.54) is 5.56 Å². The van der Waals surface area contributed by atoms with Gasteiger partial charge in [-0.1, -0.05) is 65.7 Å². The Morgan fingerprint density at radius 2 is 1.71 bits per heavy atom. The zero-order valence-corrected chi connectivity index (χ0v) is 22.3. The molecule has 0 bridgehead atoms. The maximum Gasteiger partial charge on any atom is 0.322 e. The van der Waals surface area contributed by atoms with E-state index in [2.05, 4.69) is 53.3 Å². The van der Waals surface area contributed by atoms with Crippen LogP contribution in [0.3, 0.4) is 0 Å². The highest BCUT2D eigenvalue weighted by Gasteiger charge is 2.36. The van der Waals surface area contributed by atoms with E-state index in [0.29, 0.717) is 17.3 Å². The standard InChI is InChI=1S/C31H28ClN5O/c1-20-11-14-23(15-12-20)29-28-10-7-17-35(28)30-26(22(3)34-37(30)25-8-5-4-6-9-25)19-36(29)31(38)33-24-16-13-21(2)27(32)18-24/h4-18,29H,19H2,1-3H3,(H,33,38). The number of hydrogen-bond donors (Lipinski definition) is 1. The van der Waals surface area contributed by atoms with Crippen LogP contribution in [-0.2, 0) is 6.54 Å². The number of para-hydroxylation sites is 1. The third-order valence-corrected chi connectivity index (χ3v) is 7.57. The van der Waals surface area contributed by atoms with Crippen molar-refractivity contribution in [2.45, 2.75) is 33.4 Å². The number of amides is 2.